The number of hydrogen-bond donors (Lipinski definition) is 0. The van der Waals surface area contributed by atoms with Crippen molar-refractivity contribution in [2.45, 2.75) is 39.5 Å². The predicted molar refractivity (Wildman–Crippen MR) is 76.3 cm³/mol. The lowest BCUT2D eigenvalue weighted by Gasteiger charge is -2.38. The van der Waals surface area contributed by atoms with Gasteiger partial charge in [0.2, 0.25) is 0 Å². The summed E-state index contributed by atoms with van der Waals surface area (Å²) < 4.78 is 5.08. The van der Waals surface area contributed by atoms with E-state index in [9.17, 15) is 9.59 Å². The number of likely N-dealkylation sites (tertiary alicyclic amines) is 2. The second-order valence-corrected chi connectivity index (χ2v) is 6.01. The van der Waals surface area contributed by atoms with Crippen molar-refractivity contribution in [1.82, 2.24) is 9.80 Å². The van der Waals surface area contributed by atoms with Crippen LogP contribution in [-0.4, -0.2) is 54.6 Å². The van der Waals surface area contributed by atoms with Crippen LogP contribution in [0.5, 0.6) is 0 Å². The van der Waals surface area contributed by atoms with Crippen LogP contribution in [0.25, 0.3) is 0 Å². The fourth-order valence-electron chi connectivity index (χ4n) is 3.17. The first kappa shape index (κ1) is 15.1. The van der Waals surface area contributed by atoms with E-state index in [2.05, 4.69) is 6.92 Å². The number of hydrogen-bond acceptors (Lipinski definition) is 3. The fourth-order valence-corrected chi connectivity index (χ4v) is 3.17. The molecule has 2 saturated heterocycles. The zero-order chi connectivity index (χ0) is 14.5. The summed E-state index contributed by atoms with van der Waals surface area (Å²) in [5.41, 5.74) is 0. The molecule has 0 N–H and O–H groups in total. The highest BCUT2D eigenvalue weighted by atomic mass is 16.5. The van der Waals surface area contributed by atoms with Crippen LogP contribution >= 0.6 is 0 Å². The van der Waals surface area contributed by atoms with E-state index in [-0.39, 0.29) is 17.9 Å². The summed E-state index contributed by atoms with van der Waals surface area (Å²) in [7, 11) is 0. The van der Waals surface area contributed by atoms with Crippen LogP contribution < -0.4 is 0 Å². The first-order valence-electron chi connectivity index (χ1n) is 7.82. The molecular weight excluding hydrogens is 256 g/mol. The van der Waals surface area contributed by atoms with Gasteiger partial charge in [-0.1, -0.05) is 6.92 Å². The number of rotatable bonds is 2. The second-order valence-electron chi connectivity index (χ2n) is 6.01. The summed E-state index contributed by atoms with van der Waals surface area (Å²) in [6.07, 6.45) is 4.01. The Morgan fingerprint density at radius 2 is 1.75 bits per heavy atom. The first-order chi connectivity index (χ1) is 9.61. The summed E-state index contributed by atoms with van der Waals surface area (Å²) in [5.74, 6) is 0.283. The zero-order valence-electron chi connectivity index (χ0n) is 12.6. The molecule has 0 spiro atoms. The molecule has 2 fully saturated rings. The molecule has 20 heavy (non-hydrogen) atoms. The summed E-state index contributed by atoms with van der Waals surface area (Å²) >= 11 is 0. The van der Waals surface area contributed by atoms with Crippen LogP contribution in [0.3, 0.4) is 0 Å². The molecule has 0 radical (unpaired) electrons. The van der Waals surface area contributed by atoms with Crippen molar-refractivity contribution < 1.29 is 14.3 Å². The van der Waals surface area contributed by atoms with Crippen molar-refractivity contribution in [1.29, 1.82) is 0 Å². The highest BCUT2D eigenvalue weighted by Crippen LogP contribution is 2.22. The molecule has 1 unspecified atom stereocenters. The van der Waals surface area contributed by atoms with Gasteiger partial charge in [0, 0.05) is 26.2 Å². The molecule has 2 aliphatic heterocycles. The Hall–Kier alpha value is -1.26. The molecule has 5 heteroatoms. The molecular formula is C15H26N2O3. The Kier molecular flexibility index (Phi) is 5.26. The normalized spacial score (nSPS) is 27.3. The van der Waals surface area contributed by atoms with E-state index in [1.54, 1.807) is 0 Å². The van der Waals surface area contributed by atoms with Crippen LogP contribution in [0.4, 0.5) is 4.79 Å². The minimum Gasteiger partial charge on any atom is -0.466 e. The molecule has 2 rings (SSSR count). The number of carbonyl (C=O) groups excluding carboxylic acids is 2. The lowest BCUT2D eigenvalue weighted by molar-refractivity contribution is -0.149. The quantitative estimate of drug-likeness (QED) is 0.729. The third-order valence-corrected chi connectivity index (χ3v) is 4.24. The lowest BCUT2D eigenvalue weighted by Crippen LogP contribution is -2.51. The Morgan fingerprint density at radius 1 is 1.10 bits per heavy atom. The van der Waals surface area contributed by atoms with Gasteiger partial charge in [-0.25, -0.2) is 4.79 Å². The van der Waals surface area contributed by atoms with Gasteiger partial charge in [0.25, 0.3) is 0 Å². The smallest absolute Gasteiger partial charge is 0.320 e. The summed E-state index contributed by atoms with van der Waals surface area (Å²) in [6, 6.07) is 0.102. The molecule has 2 atom stereocenters. The van der Waals surface area contributed by atoms with Gasteiger partial charge in [-0.2, -0.15) is 0 Å². The highest BCUT2D eigenvalue weighted by molar-refractivity contribution is 5.77. The standard InChI is InChI=1S/C15H26N2O3/c1-3-20-14(18)13-7-5-9-17(11-13)15(19)16-8-4-6-12(2)10-16/h12-13H,3-11H2,1-2H3/t12?,13-/m0/s1. The molecule has 5 nitrogen and oxygen atoms in total. The van der Waals surface area contributed by atoms with Gasteiger partial charge >= 0.3 is 12.0 Å². The van der Waals surface area contributed by atoms with Gasteiger partial charge in [0.05, 0.1) is 12.5 Å². The molecule has 0 aromatic heterocycles. The van der Waals surface area contributed by atoms with Crippen molar-refractivity contribution in [3.05, 3.63) is 0 Å². The van der Waals surface area contributed by atoms with Gasteiger partial charge in [-0.15, -0.1) is 0 Å². The van der Waals surface area contributed by atoms with Crippen molar-refractivity contribution >= 4 is 12.0 Å². The van der Waals surface area contributed by atoms with Gasteiger partial charge in [-0.05, 0) is 38.5 Å². The Balaban J connectivity index is 1.91. The zero-order valence-corrected chi connectivity index (χ0v) is 12.6. The van der Waals surface area contributed by atoms with Crippen LogP contribution in [0, 0.1) is 11.8 Å². The van der Waals surface area contributed by atoms with Crippen molar-refractivity contribution in [2.24, 2.45) is 11.8 Å². The topological polar surface area (TPSA) is 49.9 Å². The van der Waals surface area contributed by atoms with E-state index in [1.165, 1.54) is 6.42 Å². The number of amides is 2. The Labute approximate surface area is 121 Å². The van der Waals surface area contributed by atoms with Crippen LogP contribution in [-0.2, 0) is 9.53 Å². The van der Waals surface area contributed by atoms with Gasteiger partial charge in [0.15, 0.2) is 0 Å². The van der Waals surface area contributed by atoms with E-state index in [1.807, 2.05) is 16.7 Å². The maximum Gasteiger partial charge on any atom is 0.320 e. The van der Waals surface area contributed by atoms with E-state index in [0.717, 1.165) is 38.9 Å². The third kappa shape index (κ3) is 3.64. The number of nitrogens with zero attached hydrogens (tertiary/aromatic N) is 2. The van der Waals surface area contributed by atoms with E-state index < -0.39 is 0 Å². The third-order valence-electron chi connectivity index (χ3n) is 4.24. The SMILES string of the molecule is CCOC(=O)[C@H]1CCCN(C(=O)N2CCCC(C)C2)C1. The number of carbonyl (C=O) groups is 2. The molecule has 114 valence electrons. The largest absolute Gasteiger partial charge is 0.466 e. The van der Waals surface area contributed by atoms with Crippen molar-refractivity contribution in [3.63, 3.8) is 0 Å². The summed E-state index contributed by atoms with van der Waals surface area (Å²) in [4.78, 5) is 28.1. The lowest BCUT2D eigenvalue weighted by atomic mass is 9.98. The first-order valence-corrected chi connectivity index (χ1v) is 7.82. The molecule has 2 aliphatic rings. The van der Waals surface area contributed by atoms with Crippen LogP contribution in [0.1, 0.15) is 39.5 Å². The maximum atomic E-state index is 12.5. The molecule has 0 aromatic carbocycles. The molecule has 0 saturated carbocycles. The van der Waals surface area contributed by atoms with E-state index in [4.69, 9.17) is 4.74 Å². The van der Waals surface area contributed by atoms with Gasteiger partial charge in [0.1, 0.15) is 0 Å². The average molecular weight is 282 g/mol. The fraction of sp³-hybridized carbons (Fsp3) is 0.867. The Morgan fingerprint density at radius 3 is 2.40 bits per heavy atom. The summed E-state index contributed by atoms with van der Waals surface area (Å²) in [6.45, 7) is 7.40. The molecule has 0 aromatic rings. The van der Waals surface area contributed by atoms with Crippen molar-refractivity contribution in [3.8, 4) is 0 Å². The summed E-state index contributed by atoms with van der Waals surface area (Å²) in [5, 5.41) is 0. The molecule has 2 heterocycles. The minimum absolute atomic E-state index is 0.102. The maximum absolute atomic E-state index is 12.5. The second kappa shape index (κ2) is 6.95. The molecule has 0 aliphatic carbocycles. The Bertz CT molecular complexity index is 359. The number of urea groups is 1. The van der Waals surface area contributed by atoms with Crippen molar-refractivity contribution in [2.75, 3.05) is 32.8 Å². The number of ether oxygens (including phenoxy) is 1. The average Bonchev–Trinajstić information content (AvgIpc) is 2.47. The number of esters is 1. The van der Waals surface area contributed by atoms with Crippen LogP contribution in [0.15, 0.2) is 0 Å². The minimum atomic E-state index is -0.156. The highest BCUT2D eigenvalue weighted by Gasteiger charge is 2.32. The molecule has 2 amide bonds. The van der Waals surface area contributed by atoms with E-state index >= 15 is 0 Å². The van der Waals surface area contributed by atoms with E-state index in [0.29, 0.717) is 19.1 Å². The van der Waals surface area contributed by atoms with Gasteiger partial charge in [-0.3, -0.25) is 4.79 Å². The predicted octanol–water partition coefficient (Wildman–Crippen LogP) is 2.11. The van der Waals surface area contributed by atoms with Crippen LogP contribution in [0.2, 0.25) is 0 Å². The molecule has 0 bridgehead atoms. The number of piperidine rings is 2. The monoisotopic (exact) mass is 282 g/mol. The van der Waals surface area contributed by atoms with Gasteiger partial charge < -0.3 is 14.5 Å².